The number of nitrogens with one attached hydrogen (secondary N) is 1. The molecule has 1 N–H and O–H groups in total. The van der Waals surface area contributed by atoms with E-state index in [1.54, 1.807) is 42.5 Å². The molecule has 0 atom stereocenters. The van der Waals surface area contributed by atoms with Crippen molar-refractivity contribution < 1.29 is 22.7 Å². The summed E-state index contributed by atoms with van der Waals surface area (Å²) in [7, 11) is -0.628. The fourth-order valence-electron chi connectivity index (χ4n) is 2.35. The Balaban J connectivity index is 2.15. The molecular formula is C18H21ClN2O5S. The molecule has 0 saturated heterocycles. The number of halogens is 1. The molecular weight excluding hydrogens is 392 g/mol. The highest BCUT2D eigenvalue weighted by molar-refractivity contribution is 7.88. The Morgan fingerprint density at radius 1 is 1.11 bits per heavy atom. The molecule has 146 valence electrons. The average molecular weight is 413 g/mol. The number of ether oxygens (including phenoxy) is 2. The molecule has 9 heteroatoms. The summed E-state index contributed by atoms with van der Waals surface area (Å²) >= 11 is 5.85. The minimum Gasteiger partial charge on any atom is -0.497 e. The third-order valence-corrected chi connectivity index (χ3v) is 5.19. The molecule has 2 rings (SSSR count). The molecule has 0 aromatic heterocycles. The van der Waals surface area contributed by atoms with Gasteiger partial charge in [0.05, 0.1) is 32.7 Å². The monoisotopic (exact) mass is 412 g/mol. The van der Waals surface area contributed by atoms with Gasteiger partial charge >= 0.3 is 0 Å². The van der Waals surface area contributed by atoms with Crippen LogP contribution < -0.4 is 14.8 Å². The predicted octanol–water partition coefficient (Wildman–Crippen LogP) is 2.76. The lowest BCUT2D eigenvalue weighted by atomic mass is 10.2. The van der Waals surface area contributed by atoms with Crippen LogP contribution >= 0.6 is 11.6 Å². The lowest BCUT2D eigenvalue weighted by molar-refractivity contribution is -0.116. The van der Waals surface area contributed by atoms with Gasteiger partial charge in [-0.05, 0) is 29.8 Å². The number of hydrogen-bond acceptors (Lipinski definition) is 5. The Kier molecular flexibility index (Phi) is 7.06. The summed E-state index contributed by atoms with van der Waals surface area (Å²) in [5, 5.41) is 3.21. The number of rotatable bonds is 8. The third kappa shape index (κ3) is 6.13. The highest BCUT2D eigenvalue weighted by atomic mass is 35.5. The lowest BCUT2D eigenvalue weighted by Crippen LogP contribution is -2.36. The first kappa shape index (κ1) is 21.0. The first-order valence-electron chi connectivity index (χ1n) is 7.94. The van der Waals surface area contributed by atoms with Gasteiger partial charge in [-0.3, -0.25) is 4.79 Å². The van der Waals surface area contributed by atoms with Crippen LogP contribution in [0.1, 0.15) is 5.56 Å². The molecule has 2 aromatic carbocycles. The number of anilines is 1. The van der Waals surface area contributed by atoms with Gasteiger partial charge in [0, 0.05) is 17.6 Å². The van der Waals surface area contributed by atoms with E-state index in [1.165, 1.54) is 14.2 Å². The van der Waals surface area contributed by atoms with Gasteiger partial charge in [0.15, 0.2) is 0 Å². The van der Waals surface area contributed by atoms with Gasteiger partial charge in [-0.15, -0.1) is 0 Å². The van der Waals surface area contributed by atoms with Crippen molar-refractivity contribution in [1.29, 1.82) is 0 Å². The zero-order valence-corrected chi connectivity index (χ0v) is 16.8. The molecule has 27 heavy (non-hydrogen) atoms. The summed E-state index contributed by atoms with van der Waals surface area (Å²) in [6, 6.07) is 11.7. The maximum absolute atomic E-state index is 12.4. The molecule has 0 bridgehead atoms. The predicted molar refractivity (Wildman–Crippen MR) is 105 cm³/mol. The van der Waals surface area contributed by atoms with Crippen molar-refractivity contribution in [3.63, 3.8) is 0 Å². The first-order chi connectivity index (χ1) is 12.7. The van der Waals surface area contributed by atoms with Crippen LogP contribution in [-0.2, 0) is 21.4 Å². The van der Waals surface area contributed by atoms with Crippen LogP contribution in [0.4, 0.5) is 5.69 Å². The van der Waals surface area contributed by atoms with Gasteiger partial charge in [0.2, 0.25) is 15.9 Å². The maximum Gasteiger partial charge on any atom is 0.239 e. The van der Waals surface area contributed by atoms with Gasteiger partial charge in [-0.25, -0.2) is 8.42 Å². The van der Waals surface area contributed by atoms with Crippen molar-refractivity contribution in [2.45, 2.75) is 6.54 Å². The van der Waals surface area contributed by atoms with Crippen molar-refractivity contribution >= 4 is 33.2 Å². The SMILES string of the molecule is COc1ccc(OC)c(NC(=O)CN(Cc2ccc(Cl)cc2)S(C)(=O)=O)c1. The summed E-state index contributed by atoms with van der Waals surface area (Å²) in [5.74, 6) is 0.473. The zero-order chi connectivity index (χ0) is 20.0. The van der Waals surface area contributed by atoms with Crippen molar-refractivity contribution in [2.24, 2.45) is 0 Å². The van der Waals surface area contributed by atoms with E-state index in [9.17, 15) is 13.2 Å². The summed E-state index contributed by atoms with van der Waals surface area (Å²) in [6.45, 7) is -0.291. The molecule has 2 aromatic rings. The highest BCUT2D eigenvalue weighted by Crippen LogP contribution is 2.28. The molecule has 0 spiro atoms. The number of sulfonamides is 1. The van der Waals surface area contributed by atoms with E-state index in [2.05, 4.69) is 5.32 Å². The van der Waals surface area contributed by atoms with E-state index in [-0.39, 0.29) is 13.1 Å². The number of hydrogen-bond donors (Lipinski definition) is 1. The molecule has 0 heterocycles. The molecule has 7 nitrogen and oxygen atoms in total. The van der Waals surface area contributed by atoms with Gasteiger partial charge in [0.1, 0.15) is 11.5 Å². The van der Waals surface area contributed by atoms with Crippen molar-refractivity contribution in [2.75, 3.05) is 32.3 Å². The minimum absolute atomic E-state index is 0.0542. The van der Waals surface area contributed by atoms with E-state index in [1.807, 2.05) is 0 Å². The van der Waals surface area contributed by atoms with Crippen molar-refractivity contribution in [1.82, 2.24) is 4.31 Å². The molecule has 0 fully saturated rings. The number of carbonyl (C=O) groups excluding carboxylic acids is 1. The molecule has 0 radical (unpaired) electrons. The van der Waals surface area contributed by atoms with Crippen LogP contribution in [0.25, 0.3) is 0 Å². The van der Waals surface area contributed by atoms with E-state index in [0.29, 0.717) is 22.2 Å². The van der Waals surface area contributed by atoms with E-state index < -0.39 is 15.9 Å². The molecule has 0 aliphatic heterocycles. The fourth-order valence-corrected chi connectivity index (χ4v) is 3.21. The first-order valence-corrected chi connectivity index (χ1v) is 10.2. The fraction of sp³-hybridized carbons (Fsp3) is 0.278. The van der Waals surface area contributed by atoms with Crippen molar-refractivity contribution in [3.05, 3.63) is 53.1 Å². The second kappa shape index (κ2) is 9.07. The van der Waals surface area contributed by atoms with E-state index in [0.717, 1.165) is 16.1 Å². The van der Waals surface area contributed by atoms with Gasteiger partial charge < -0.3 is 14.8 Å². The number of carbonyl (C=O) groups is 1. The average Bonchev–Trinajstić information content (AvgIpc) is 2.62. The van der Waals surface area contributed by atoms with E-state index >= 15 is 0 Å². The Hall–Kier alpha value is -2.29. The Morgan fingerprint density at radius 2 is 1.78 bits per heavy atom. The molecule has 0 unspecified atom stereocenters. The normalized spacial score (nSPS) is 11.3. The summed E-state index contributed by atoms with van der Waals surface area (Å²) < 4.78 is 35.6. The number of benzene rings is 2. The smallest absolute Gasteiger partial charge is 0.239 e. The Bertz CT molecular complexity index is 900. The summed E-state index contributed by atoms with van der Waals surface area (Å²) in [5.41, 5.74) is 1.11. The van der Waals surface area contributed by atoms with Gasteiger partial charge in [0.25, 0.3) is 0 Å². The van der Waals surface area contributed by atoms with Crippen LogP contribution in [0.5, 0.6) is 11.5 Å². The van der Waals surface area contributed by atoms with Crippen molar-refractivity contribution in [3.8, 4) is 11.5 Å². The standard InChI is InChI=1S/C18H21ClN2O5S/c1-25-15-8-9-17(26-2)16(10-15)20-18(22)12-21(27(3,23)24)11-13-4-6-14(19)7-5-13/h4-10H,11-12H2,1-3H3,(H,20,22). The van der Waals surface area contributed by atoms with Gasteiger partial charge in [-0.2, -0.15) is 4.31 Å². The van der Waals surface area contributed by atoms with Crippen LogP contribution in [0.3, 0.4) is 0 Å². The highest BCUT2D eigenvalue weighted by Gasteiger charge is 2.21. The molecule has 0 aliphatic carbocycles. The maximum atomic E-state index is 12.4. The Labute approximate surface area is 163 Å². The van der Waals surface area contributed by atoms with Gasteiger partial charge in [-0.1, -0.05) is 23.7 Å². The minimum atomic E-state index is -3.61. The van der Waals surface area contributed by atoms with Crippen LogP contribution in [-0.4, -0.2) is 45.7 Å². The second-order valence-electron chi connectivity index (χ2n) is 5.77. The van der Waals surface area contributed by atoms with Crippen LogP contribution in [0, 0.1) is 0 Å². The third-order valence-electron chi connectivity index (χ3n) is 3.74. The number of amides is 1. The zero-order valence-electron chi connectivity index (χ0n) is 15.2. The summed E-state index contributed by atoms with van der Waals surface area (Å²) in [4.78, 5) is 12.4. The largest absolute Gasteiger partial charge is 0.497 e. The Morgan fingerprint density at radius 3 is 2.33 bits per heavy atom. The topological polar surface area (TPSA) is 84.9 Å². The quantitative estimate of drug-likeness (QED) is 0.720. The van der Waals surface area contributed by atoms with Crippen LogP contribution in [0.2, 0.25) is 5.02 Å². The number of methoxy groups -OCH3 is 2. The lowest BCUT2D eigenvalue weighted by Gasteiger charge is -2.20. The molecule has 0 saturated carbocycles. The second-order valence-corrected chi connectivity index (χ2v) is 8.19. The number of nitrogens with zero attached hydrogens (tertiary/aromatic N) is 1. The van der Waals surface area contributed by atoms with E-state index in [4.69, 9.17) is 21.1 Å². The molecule has 0 aliphatic rings. The summed E-state index contributed by atoms with van der Waals surface area (Å²) in [6.07, 6.45) is 1.06. The molecule has 1 amide bonds. The van der Waals surface area contributed by atoms with Crippen LogP contribution in [0.15, 0.2) is 42.5 Å².